The molecule has 1 aromatic heterocycles. The van der Waals surface area contributed by atoms with Gasteiger partial charge in [0.15, 0.2) is 11.5 Å². The van der Waals surface area contributed by atoms with E-state index >= 15 is 0 Å². The van der Waals surface area contributed by atoms with Gasteiger partial charge in [-0.05, 0) is 55.0 Å². The molecule has 0 unspecified atom stereocenters. The van der Waals surface area contributed by atoms with Gasteiger partial charge in [-0.2, -0.15) is 5.10 Å². The Morgan fingerprint density at radius 2 is 2.09 bits per heavy atom. The zero-order valence-electron chi connectivity index (χ0n) is 12.5. The van der Waals surface area contributed by atoms with Crippen LogP contribution in [0.15, 0.2) is 28.7 Å². The zero-order valence-corrected chi connectivity index (χ0v) is 13.3. The molecule has 0 bridgehead atoms. The number of fused-ring (bicyclic) bond motifs is 2. The van der Waals surface area contributed by atoms with Crippen molar-refractivity contribution in [2.75, 3.05) is 6.79 Å². The van der Waals surface area contributed by atoms with Crippen molar-refractivity contribution in [1.29, 1.82) is 0 Å². The Morgan fingerprint density at radius 3 is 3.04 bits per heavy atom. The molecule has 6 heteroatoms. The van der Waals surface area contributed by atoms with E-state index in [0.29, 0.717) is 5.75 Å². The number of thiophene rings is 1. The van der Waals surface area contributed by atoms with Gasteiger partial charge in [-0.3, -0.25) is 4.79 Å². The molecule has 4 rings (SSSR count). The minimum absolute atomic E-state index is 0.138. The average molecular weight is 328 g/mol. The first-order valence-corrected chi connectivity index (χ1v) is 8.51. The van der Waals surface area contributed by atoms with Crippen LogP contribution in [0.3, 0.4) is 0 Å². The molecule has 2 heterocycles. The highest BCUT2D eigenvalue weighted by Gasteiger charge is 2.19. The number of amides is 1. The van der Waals surface area contributed by atoms with Crippen LogP contribution in [0, 0.1) is 0 Å². The number of carbonyl (C=O) groups is 1. The Kier molecular flexibility index (Phi) is 3.75. The van der Waals surface area contributed by atoms with E-state index in [9.17, 15) is 4.79 Å². The molecular weight excluding hydrogens is 312 g/mol. The molecule has 1 aliphatic carbocycles. The third-order valence-electron chi connectivity index (χ3n) is 4.08. The number of nitrogens with zero attached hydrogens (tertiary/aromatic N) is 1. The average Bonchev–Trinajstić information content (AvgIpc) is 3.21. The van der Waals surface area contributed by atoms with Crippen LogP contribution in [-0.4, -0.2) is 18.9 Å². The number of aryl methyl sites for hydroxylation is 1. The number of rotatable bonds is 3. The fourth-order valence-corrected chi connectivity index (χ4v) is 4.03. The number of hydrogen-bond donors (Lipinski definition) is 1. The van der Waals surface area contributed by atoms with Crippen molar-refractivity contribution in [1.82, 2.24) is 5.43 Å². The van der Waals surface area contributed by atoms with E-state index in [4.69, 9.17) is 9.47 Å². The summed E-state index contributed by atoms with van der Waals surface area (Å²) < 4.78 is 10.6. The summed E-state index contributed by atoms with van der Waals surface area (Å²) in [5.41, 5.74) is 5.44. The van der Waals surface area contributed by atoms with E-state index in [0.717, 1.165) is 36.1 Å². The number of benzene rings is 1. The molecule has 118 valence electrons. The highest BCUT2D eigenvalue weighted by atomic mass is 32.1. The van der Waals surface area contributed by atoms with Crippen LogP contribution in [-0.2, 0) is 12.8 Å². The fraction of sp³-hybridized carbons (Fsp3) is 0.294. The Balaban J connectivity index is 1.44. The Hall–Kier alpha value is -2.34. The Morgan fingerprint density at radius 1 is 1.22 bits per heavy atom. The van der Waals surface area contributed by atoms with Crippen LogP contribution in [0.1, 0.15) is 39.2 Å². The molecule has 5 nitrogen and oxygen atoms in total. The molecule has 0 saturated carbocycles. The van der Waals surface area contributed by atoms with Crippen LogP contribution in [0.5, 0.6) is 11.5 Å². The summed E-state index contributed by atoms with van der Waals surface area (Å²) in [6.45, 7) is 0.246. The minimum Gasteiger partial charge on any atom is -0.454 e. The Labute approximate surface area is 137 Å². The summed E-state index contributed by atoms with van der Waals surface area (Å²) in [5, 5.41) is 6.00. The van der Waals surface area contributed by atoms with Gasteiger partial charge in [0.05, 0.1) is 11.8 Å². The SMILES string of the molecule is O=C(N/N=C\c1ccc2c(c1)OCO2)c1csc2c1CCCC2. The lowest BCUT2D eigenvalue weighted by Crippen LogP contribution is -2.19. The molecule has 1 aliphatic heterocycles. The molecule has 2 aromatic rings. The molecule has 0 atom stereocenters. The highest BCUT2D eigenvalue weighted by Crippen LogP contribution is 2.32. The van der Waals surface area contributed by atoms with Crippen molar-refractivity contribution in [3.63, 3.8) is 0 Å². The molecular formula is C17H16N2O3S. The van der Waals surface area contributed by atoms with Gasteiger partial charge >= 0.3 is 0 Å². The number of carbonyl (C=O) groups excluding carboxylic acids is 1. The Bertz CT molecular complexity index is 782. The summed E-state index contributed by atoms with van der Waals surface area (Å²) in [7, 11) is 0. The standard InChI is InChI=1S/C17H16N2O3S/c20-17(13-9-23-16-4-2-1-3-12(13)16)19-18-8-11-5-6-14-15(7-11)22-10-21-14/h5-9H,1-4,10H2,(H,19,20)/b18-8-. The van der Waals surface area contributed by atoms with Gasteiger partial charge in [0, 0.05) is 10.3 Å². The molecule has 1 amide bonds. The summed E-state index contributed by atoms with van der Waals surface area (Å²) in [6, 6.07) is 5.54. The largest absolute Gasteiger partial charge is 0.454 e. The minimum atomic E-state index is -0.138. The lowest BCUT2D eigenvalue weighted by atomic mass is 9.96. The molecule has 1 N–H and O–H groups in total. The van der Waals surface area contributed by atoms with Crippen molar-refractivity contribution in [3.8, 4) is 11.5 Å². The normalized spacial score (nSPS) is 15.7. The first-order valence-electron chi connectivity index (χ1n) is 7.63. The van der Waals surface area contributed by atoms with Gasteiger partial charge in [-0.1, -0.05) is 0 Å². The first-order chi connectivity index (χ1) is 11.3. The maximum absolute atomic E-state index is 12.3. The second-order valence-corrected chi connectivity index (χ2v) is 6.53. The fourth-order valence-electron chi connectivity index (χ4n) is 2.90. The lowest BCUT2D eigenvalue weighted by molar-refractivity contribution is 0.0954. The van der Waals surface area contributed by atoms with Gasteiger partial charge in [-0.15, -0.1) is 11.3 Å². The molecule has 0 spiro atoms. The second-order valence-electron chi connectivity index (χ2n) is 5.57. The number of nitrogens with one attached hydrogen (secondary N) is 1. The molecule has 0 saturated heterocycles. The molecule has 2 aliphatic rings. The summed E-state index contributed by atoms with van der Waals surface area (Å²) >= 11 is 1.68. The van der Waals surface area contributed by atoms with Gasteiger partial charge in [0.1, 0.15) is 0 Å². The van der Waals surface area contributed by atoms with E-state index in [1.54, 1.807) is 17.6 Å². The van der Waals surface area contributed by atoms with Gasteiger partial charge in [0.2, 0.25) is 6.79 Å². The predicted molar refractivity (Wildman–Crippen MR) is 88.6 cm³/mol. The van der Waals surface area contributed by atoms with Crippen LogP contribution < -0.4 is 14.9 Å². The number of ether oxygens (including phenoxy) is 2. The van der Waals surface area contributed by atoms with Crippen molar-refractivity contribution in [2.45, 2.75) is 25.7 Å². The van der Waals surface area contributed by atoms with Gasteiger partial charge in [-0.25, -0.2) is 5.43 Å². The van der Waals surface area contributed by atoms with Crippen molar-refractivity contribution in [3.05, 3.63) is 45.1 Å². The van der Waals surface area contributed by atoms with Crippen molar-refractivity contribution in [2.24, 2.45) is 5.10 Å². The van der Waals surface area contributed by atoms with E-state index in [1.165, 1.54) is 16.9 Å². The number of hydrogen-bond acceptors (Lipinski definition) is 5. The first kappa shape index (κ1) is 14.3. The summed E-state index contributed by atoms with van der Waals surface area (Å²) in [5.74, 6) is 1.30. The van der Waals surface area contributed by atoms with Crippen molar-refractivity contribution >= 4 is 23.5 Å². The highest BCUT2D eigenvalue weighted by molar-refractivity contribution is 7.10. The summed E-state index contributed by atoms with van der Waals surface area (Å²) in [4.78, 5) is 13.6. The van der Waals surface area contributed by atoms with E-state index in [2.05, 4.69) is 10.5 Å². The van der Waals surface area contributed by atoms with Crippen LogP contribution in [0.4, 0.5) is 0 Å². The molecule has 1 aromatic carbocycles. The second kappa shape index (κ2) is 6.04. The zero-order chi connectivity index (χ0) is 15.6. The predicted octanol–water partition coefficient (Wildman–Crippen LogP) is 3.12. The van der Waals surface area contributed by atoms with E-state index < -0.39 is 0 Å². The van der Waals surface area contributed by atoms with Crippen LogP contribution >= 0.6 is 11.3 Å². The van der Waals surface area contributed by atoms with Crippen LogP contribution in [0.2, 0.25) is 0 Å². The smallest absolute Gasteiger partial charge is 0.272 e. The molecule has 23 heavy (non-hydrogen) atoms. The summed E-state index contributed by atoms with van der Waals surface area (Å²) in [6.07, 6.45) is 6.07. The van der Waals surface area contributed by atoms with Gasteiger partial charge in [0.25, 0.3) is 5.91 Å². The lowest BCUT2D eigenvalue weighted by Gasteiger charge is -2.11. The quantitative estimate of drug-likeness (QED) is 0.695. The molecule has 0 radical (unpaired) electrons. The molecule has 0 fully saturated rings. The van der Waals surface area contributed by atoms with Gasteiger partial charge < -0.3 is 9.47 Å². The maximum atomic E-state index is 12.3. The maximum Gasteiger partial charge on any atom is 0.272 e. The topological polar surface area (TPSA) is 59.9 Å². The third-order valence-corrected chi connectivity index (χ3v) is 5.17. The van der Waals surface area contributed by atoms with E-state index in [-0.39, 0.29) is 12.7 Å². The van der Waals surface area contributed by atoms with Crippen LogP contribution in [0.25, 0.3) is 0 Å². The monoisotopic (exact) mass is 328 g/mol. The van der Waals surface area contributed by atoms with Crippen molar-refractivity contribution < 1.29 is 14.3 Å². The third kappa shape index (κ3) is 2.82. The number of hydrazone groups is 1. The van der Waals surface area contributed by atoms with E-state index in [1.807, 2.05) is 23.6 Å².